The first-order valence-corrected chi connectivity index (χ1v) is 6.21. The number of pyridine rings is 1. The summed E-state index contributed by atoms with van der Waals surface area (Å²) in [5, 5.41) is 10.7. The molecule has 0 fully saturated rings. The molecule has 5 nitrogen and oxygen atoms in total. The van der Waals surface area contributed by atoms with Crippen molar-refractivity contribution in [3.05, 3.63) is 58.4 Å². The van der Waals surface area contributed by atoms with Gasteiger partial charge in [0.2, 0.25) is 0 Å². The Morgan fingerprint density at radius 2 is 2.22 bits per heavy atom. The second kappa shape index (κ2) is 5.50. The molecule has 1 aromatic heterocycles. The first-order valence-electron chi connectivity index (χ1n) is 5.22. The van der Waals surface area contributed by atoms with E-state index in [0.717, 1.165) is 10.5 Å². The molecule has 0 aliphatic rings. The average Bonchev–Trinajstić information content (AvgIpc) is 2.38. The summed E-state index contributed by atoms with van der Waals surface area (Å²) in [6, 6.07) is 8.43. The van der Waals surface area contributed by atoms with Gasteiger partial charge in [0.15, 0.2) is 0 Å². The van der Waals surface area contributed by atoms with Gasteiger partial charge in [-0.3, -0.25) is 15.1 Å². The maximum absolute atomic E-state index is 10.7. The maximum atomic E-state index is 10.7. The zero-order valence-corrected chi connectivity index (χ0v) is 10.3. The van der Waals surface area contributed by atoms with Gasteiger partial charge in [-0.2, -0.15) is 0 Å². The highest BCUT2D eigenvalue weighted by molar-refractivity contribution is 7.98. The standard InChI is InChI=1S/C12H11N3O2S/c13-11-7-14-5-4-12(11)18-8-9-2-1-3-10(6-9)15(16)17/h1-7H,8,13H2. The van der Waals surface area contributed by atoms with E-state index in [1.54, 1.807) is 24.5 Å². The topological polar surface area (TPSA) is 82.0 Å². The van der Waals surface area contributed by atoms with Crippen molar-refractivity contribution in [1.82, 2.24) is 4.98 Å². The summed E-state index contributed by atoms with van der Waals surface area (Å²) in [5.74, 6) is 0.635. The van der Waals surface area contributed by atoms with Gasteiger partial charge in [-0.25, -0.2) is 0 Å². The Kier molecular flexibility index (Phi) is 3.78. The van der Waals surface area contributed by atoms with Crippen molar-refractivity contribution in [2.45, 2.75) is 10.6 Å². The van der Waals surface area contributed by atoms with Crippen LogP contribution in [-0.2, 0) is 5.75 Å². The highest BCUT2D eigenvalue weighted by atomic mass is 32.2. The first-order chi connectivity index (χ1) is 8.66. The summed E-state index contributed by atoms with van der Waals surface area (Å²) in [7, 11) is 0. The highest BCUT2D eigenvalue weighted by Crippen LogP contribution is 2.27. The van der Waals surface area contributed by atoms with Crippen molar-refractivity contribution >= 4 is 23.1 Å². The largest absolute Gasteiger partial charge is 0.397 e. The maximum Gasteiger partial charge on any atom is 0.269 e. The van der Waals surface area contributed by atoms with Crippen LogP contribution in [0.2, 0.25) is 0 Å². The molecule has 1 heterocycles. The molecular weight excluding hydrogens is 250 g/mol. The molecule has 0 saturated carbocycles. The number of benzene rings is 1. The molecule has 18 heavy (non-hydrogen) atoms. The molecule has 0 spiro atoms. The van der Waals surface area contributed by atoms with Crippen molar-refractivity contribution in [3.8, 4) is 0 Å². The fourth-order valence-electron chi connectivity index (χ4n) is 1.45. The highest BCUT2D eigenvalue weighted by Gasteiger charge is 2.06. The molecule has 0 saturated heterocycles. The lowest BCUT2D eigenvalue weighted by molar-refractivity contribution is -0.384. The Morgan fingerprint density at radius 1 is 1.39 bits per heavy atom. The molecule has 0 amide bonds. The third-order valence-electron chi connectivity index (χ3n) is 2.33. The lowest BCUT2D eigenvalue weighted by Crippen LogP contribution is -1.91. The minimum Gasteiger partial charge on any atom is -0.397 e. The van der Waals surface area contributed by atoms with Gasteiger partial charge in [0.25, 0.3) is 5.69 Å². The van der Waals surface area contributed by atoms with Gasteiger partial charge >= 0.3 is 0 Å². The van der Waals surface area contributed by atoms with Crippen LogP contribution in [-0.4, -0.2) is 9.91 Å². The summed E-state index contributed by atoms with van der Waals surface area (Å²) >= 11 is 1.53. The summed E-state index contributed by atoms with van der Waals surface area (Å²) in [6.45, 7) is 0. The number of aromatic nitrogens is 1. The Labute approximate surface area is 108 Å². The number of thioether (sulfide) groups is 1. The van der Waals surface area contributed by atoms with Crippen molar-refractivity contribution in [2.75, 3.05) is 5.73 Å². The number of nitrogen functional groups attached to an aromatic ring is 1. The molecule has 0 unspecified atom stereocenters. The average molecular weight is 261 g/mol. The molecule has 0 aliphatic heterocycles. The molecule has 2 rings (SSSR count). The van der Waals surface area contributed by atoms with E-state index in [9.17, 15) is 10.1 Å². The van der Waals surface area contributed by atoms with Crippen molar-refractivity contribution < 1.29 is 4.92 Å². The molecule has 0 bridgehead atoms. The Hall–Kier alpha value is -2.08. The van der Waals surface area contributed by atoms with Crippen LogP contribution in [0, 0.1) is 10.1 Å². The van der Waals surface area contributed by atoms with Gasteiger partial charge in [0, 0.05) is 29.0 Å². The van der Waals surface area contributed by atoms with Gasteiger partial charge in [0.05, 0.1) is 16.8 Å². The van der Waals surface area contributed by atoms with Crippen LogP contribution in [0.5, 0.6) is 0 Å². The van der Waals surface area contributed by atoms with E-state index in [1.165, 1.54) is 17.8 Å². The van der Waals surface area contributed by atoms with Crippen LogP contribution in [0.3, 0.4) is 0 Å². The Morgan fingerprint density at radius 3 is 2.94 bits per heavy atom. The second-order valence-electron chi connectivity index (χ2n) is 3.63. The van der Waals surface area contributed by atoms with Crippen molar-refractivity contribution in [3.63, 3.8) is 0 Å². The fraction of sp³-hybridized carbons (Fsp3) is 0.0833. The van der Waals surface area contributed by atoms with Gasteiger partial charge < -0.3 is 5.73 Å². The molecule has 1 aromatic carbocycles. The molecule has 2 aromatic rings. The van der Waals surface area contributed by atoms with Gasteiger partial charge in [-0.1, -0.05) is 12.1 Å². The minimum absolute atomic E-state index is 0.107. The molecule has 6 heteroatoms. The molecular formula is C12H11N3O2S. The van der Waals surface area contributed by atoms with E-state index < -0.39 is 4.92 Å². The number of nitrogens with zero attached hydrogens (tertiary/aromatic N) is 2. The van der Waals surface area contributed by atoms with Crippen LogP contribution in [0.4, 0.5) is 11.4 Å². The number of nitro benzene ring substituents is 1. The molecule has 0 aliphatic carbocycles. The predicted molar refractivity (Wildman–Crippen MR) is 71.3 cm³/mol. The van der Waals surface area contributed by atoms with E-state index >= 15 is 0 Å². The van der Waals surface area contributed by atoms with E-state index in [-0.39, 0.29) is 5.69 Å². The Bertz CT molecular complexity index is 575. The number of non-ortho nitro benzene ring substituents is 1. The van der Waals surface area contributed by atoms with E-state index in [0.29, 0.717) is 11.4 Å². The number of nitrogens with two attached hydrogens (primary N) is 1. The quantitative estimate of drug-likeness (QED) is 0.520. The third-order valence-corrected chi connectivity index (χ3v) is 3.49. The van der Waals surface area contributed by atoms with E-state index in [2.05, 4.69) is 4.98 Å². The minimum atomic E-state index is -0.394. The van der Waals surface area contributed by atoms with Crippen LogP contribution < -0.4 is 5.73 Å². The van der Waals surface area contributed by atoms with Gasteiger partial charge in [0.1, 0.15) is 0 Å². The predicted octanol–water partition coefficient (Wildman–Crippen LogP) is 2.86. The molecule has 0 radical (unpaired) electrons. The fourth-order valence-corrected chi connectivity index (χ4v) is 2.32. The third kappa shape index (κ3) is 2.98. The summed E-state index contributed by atoms with van der Waals surface area (Å²) in [5.41, 5.74) is 7.39. The number of anilines is 1. The Balaban J connectivity index is 2.09. The van der Waals surface area contributed by atoms with Gasteiger partial charge in [-0.15, -0.1) is 11.8 Å². The number of nitro groups is 1. The second-order valence-corrected chi connectivity index (χ2v) is 4.65. The SMILES string of the molecule is Nc1cnccc1SCc1cccc([N+](=O)[O-])c1. The van der Waals surface area contributed by atoms with Crippen LogP contribution in [0.1, 0.15) is 5.56 Å². The van der Waals surface area contributed by atoms with Crippen molar-refractivity contribution in [1.29, 1.82) is 0 Å². The molecule has 0 atom stereocenters. The van der Waals surface area contributed by atoms with E-state index in [1.807, 2.05) is 12.1 Å². The number of hydrogen-bond donors (Lipinski definition) is 1. The zero-order chi connectivity index (χ0) is 13.0. The zero-order valence-electron chi connectivity index (χ0n) is 9.45. The van der Waals surface area contributed by atoms with Crippen LogP contribution in [0.25, 0.3) is 0 Å². The van der Waals surface area contributed by atoms with Crippen LogP contribution in [0.15, 0.2) is 47.6 Å². The molecule has 2 N–H and O–H groups in total. The summed E-state index contributed by atoms with van der Waals surface area (Å²) in [4.78, 5) is 15.1. The van der Waals surface area contributed by atoms with Gasteiger partial charge in [-0.05, 0) is 11.6 Å². The van der Waals surface area contributed by atoms with E-state index in [4.69, 9.17) is 5.73 Å². The number of hydrogen-bond acceptors (Lipinski definition) is 5. The number of rotatable bonds is 4. The lowest BCUT2D eigenvalue weighted by Gasteiger charge is -2.04. The molecule has 92 valence electrons. The summed E-state index contributed by atoms with van der Waals surface area (Å²) < 4.78 is 0. The smallest absolute Gasteiger partial charge is 0.269 e. The normalized spacial score (nSPS) is 10.2. The lowest BCUT2D eigenvalue weighted by atomic mass is 10.2. The monoisotopic (exact) mass is 261 g/mol. The summed E-state index contributed by atoms with van der Waals surface area (Å²) in [6.07, 6.45) is 3.27. The van der Waals surface area contributed by atoms with Crippen LogP contribution >= 0.6 is 11.8 Å². The first kappa shape index (κ1) is 12.4. The van der Waals surface area contributed by atoms with Crippen molar-refractivity contribution in [2.24, 2.45) is 0 Å².